The quantitative estimate of drug-likeness (QED) is 0.760. The summed E-state index contributed by atoms with van der Waals surface area (Å²) >= 11 is 9.31. The first-order valence-electron chi connectivity index (χ1n) is 5.57. The fourth-order valence-electron chi connectivity index (χ4n) is 1.73. The maximum Gasteiger partial charge on any atom is 0.188 e. The molecule has 0 fully saturated rings. The van der Waals surface area contributed by atoms with Crippen molar-refractivity contribution >= 4 is 34.3 Å². The molecule has 0 amide bonds. The van der Waals surface area contributed by atoms with E-state index in [-0.39, 0.29) is 6.04 Å². The third-order valence-electron chi connectivity index (χ3n) is 2.56. The van der Waals surface area contributed by atoms with Crippen LogP contribution in [0, 0.1) is 0 Å². The van der Waals surface area contributed by atoms with Crippen molar-refractivity contribution in [3.8, 4) is 0 Å². The molecule has 3 rings (SSSR count). The third kappa shape index (κ3) is 3.01. The summed E-state index contributed by atoms with van der Waals surface area (Å²) in [5.74, 6) is 0.643. The number of nitrogens with one attached hydrogen (secondary N) is 2. The Labute approximate surface area is 122 Å². The fraction of sp³-hybridized carbons (Fsp3) is 0.182. The van der Waals surface area contributed by atoms with E-state index in [1.54, 1.807) is 22.7 Å². The van der Waals surface area contributed by atoms with Crippen LogP contribution in [0.1, 0.15) is 21.6 Å². The van der Waals surface area contributed by atoms with Crippen LogP contribution >= 0.6 is 34.3 Å². The summed E-state index contributed by atoms with van der Waals surface area (Å²) in [6.45, 7) is 0.550. The second-order valence-electron chi connectivity index (χ2n) is 3.80. The van der Waals surface area contributed by atoms with Gasteiger partial charge < -0.3 is 0 Å². The van der Waals surface area contributed by atoms with E-state index in [1.165, 1.54) is 9.75 Å². The smallest absolute Gasteiger partial charge is 0.188 e. The monoisotopic (exact) mass is 311 g/mol. The highest BCUT2D eigenvalue weighted by molar-refractivity contribution is 7.16. The minimum absolute atomic E-state index is 0.107. The van der Waals surface area contributed by atoms with E-state index in [9.17, 15) is 0 Å². The van der Waals surface area contributed by atoms with Crippen molar-refractivity contribution in [1.29, 1.82) is 0 Å². The van der Waals surface area contributed by atoms with E-state index in [4.69, 9.17) is 11.6 Å². The topological polar surface area (TPSA) is 66.5 Å². The van der Waals surface area contributed by atoms with E-state index < -0.39 is 0 Å². The van der Waals surface area contributed by atoms with Gasteiger partial charge in [-0.25, -0.2) is 0 Å². The molecule has 3 heterocycles. The molecule has 0 radical (unpaired) electrons. The minimum atomic E-state index is 0.107. The predicted octanol–water partition coefficient (Wildman–Crippen LogP) is 2.86. The molecule has 0 aliphatic carbocycles. The number of hydrogen-bond donors (Lipinski definition) is 2. The van der Waals surface area contributed by atoms with Gasteiger partial charge in [0.25, 0.3) is 0 Å². The van der Waals surface area contributed by atoms with Gasteiger partial charge in [-0.15, -0.1) is 32.9 Å². The Morgan fingerprint density at radius 2 is 2.26 bits per heavy atom. The van der Waals surface area contributed by atoms with E-state index >= 15 is 0 Å². The fourth-order valence-corrected chi connectivity index (χ4v) is 3.78. The molecule has 3 aromatic rings. The number of nitrogens with zero attached hydrogens (tertiary/aromatic N) is 3. The van der Waals surface area contributed by atoms with Crippen LogP contribution in [0.5, 0.6) is 0 Å². The lowest BCUT2D eigenvalue weighted by atomic mass is 10.2. The van der Waals surface area contributed by atoms with Gasteiger partial charge in [0, 0.05) is 9.75 Å². The van der Waals surface area contributed by atoms with Crippen molar-refractivity contribution in [3.63, 3.8) is 0 Å². The van der Waals surface area contributed by atoms with Gasteiger partial charge in [0.1, 0.15) is 0 Å². The number of rotatable bonds is 5. The first kappa shape index (κ1) is 12.7. The molecule has 0 saturated heterocycles. The summed E-state index contributed by atoms with van der Waals surface area (Å²) in [5.41, 5.74) is 0. The highest BCUT2D eigenvalue weighted by Crippen LogP contribution is 2.33. The van der Waals surface area contributed by atoms with Crippen molar-refractivity contribution < 1.29 is 0 Å². The number of halogens is 1. The molecule has 0 spiro atoms. The van der Waals surface area contributed by atoms with Crippen molar-refractivity contribution in [2.45, 2.75) is 12.6 Å². The van der Waals surface area contributed by atoms with Crippen LogP contribution in [0.3, 0.4) is 0 Å². The summed E-state index contributed by atoms with van der Waals surface area (Å²) < 4.78 is 0.790. The molecular weight excluding hydrogens is 302 g/mol. The van der Waals surface area contributed by atoms with Gasteiger partial charge in [-0.05, 0) is 23.6 Å². The Bertz CT molecular complexity index is 619. The largest absolute Gasteiger partial charge is 0.298 e. The average Bonchev–Trinajstić information content (AvgIpc) is 3.11. The predicted molar refractivity (Wildman–Crippen MR) is 76.5 cm³/mol. The van der Waals surface area contributed by atoms with Crippen molar-refractivity contribution in [2.24, 2.45) is 0 Å². The lowest BCUT2D eigenvalue weighted by Crippen LogP contribution is -2.21. The van der Waals surface area contributed by atoms with Gasteiger partial charge in [-0.3, -0.25) is 5.32 Å². The maximum absolute atomic E-state index is 6.02. The summed E-state index contributed by atoms with van der Waals surface area (Å²) in [7, 11) is 0. The molecule has 0 bridgehead atoms. The second kappa shape index (κ2) is 5.79. The van der Waals surface area contributed by atoms with Gasteiger partial charge in [-0.1, -0.05) is 22.9 Å². The van der Waals surface area contributed by atoms with Crippen LogP contribution < -0.4 is 5.32 Å². The summed E-state index contributed by atoms with van der Waals surface area (Å²) in [5, 5.41) is 19.4. The zero-order valence-electron chi connectivity index (χ0n) is 9.71. The molecule has 1 unspecified atom stereocenters. The molecule has 19 heavy (non-hydrogen) atoms. The van der Waals surface area contributed by atoms with E-state index in [1.807, 2.05) is 18.2 Å². The molecule has 2 N–H and O–H groups in total. The molecule has 0 aliphatic rings. The minimum Gasteiger partial charge on any atom is -0.298 e. The molecule has 3 aromatic heterocycles. The van der Waals surface area contributed by atoms with Crippen LogP contribution in [0.4, 0.5) is 0 Å². The molecule has 0 saturated carbocycles. The molecule has 1 atom stereocenters. The first-order valence-corrected chi connectivity index (χ1v) is 7.64. The molecule has 0 aromatic carbocycles. The van der Waals surface area contributed by atoms with Crippen molar-refractivity contribution in [2.75, 3.05) is 0 Å². The van der Waals surface area contributed by atoms with Gasteiger partial charge in [0.2, 0.25) is 0 Å². The molecule has 0 aliphatic heterocycles. The summed E-state index contributed by atoms with van der Waals surface area (Å²) in [6.07, 6.45) is 0. The Hall–Kier alpha value is -1.28. The van der Waals surface area contributed by atoms with Crippen LogP contribution in [-0.2, 0) is 6.54 Å². The van der Waals surface area contributed by atoms with Crippen LogP contribution in [-0.4, -0.2) is 20.6 Å². The van der Waals surface area contributed by atoms with Crippen LogP contribution in [0.25, 0.3) is 0 Å². The summed E-state index contributed by atoms with van der Waals surface area (Å²) in [6, 6.07) is 8.21. The molecule has 98 valence electrons. The second-order valence-corrected chi connectivity index (χ2v) is 6.53. The Kier molecular flexibility index (Phi) is 3.88. The Balaban J connectivity index is 1.80. The maximum atomic E-state index is 6.02. The summed E-state index contributed by atoms with van der Waals surface area (Å²) in [4.78, 5) is 2.41. The lowest BCUT2D eigenvalue weighted by Gasteiger charge is -2.14. The lowest BCUT2D eigenvalue weighted by molar-refractivity contribution is 0.601. The number of thiophene rings is 2. The van der Waals surface area contributed by atoms with E-state index in [2.05, 4.69) is 37.4 Å². The standard InChI is InChI=1S/C11H10ClN5S2/c12-9-4-3-8(19-9)11(7-2-1-5-18-7)13-6-10-14-16-17-15-10/h1-5,11,13H,6H2,(H,14,15,16,17). The van der Waals surface area contributed by atoms with Crippen molar-refractivity contribution in [1.82, 2.24) is 25.9 Å². The normalized spacial score (nSPS) is 12.7. The van der Waals surface area contributed by atoms with E-state index in [0.717, 1.165) is 4.34 Å². The Morgan fingerprint density at radius 3 is 2.89 bits per heavy atom. The Morgan fingerprint density at radius 1 is 1.32 bits per heavy atom. The number of hydrogen-bond acceptors (Lipinski definition) is 6. The van der Waals surface area contributed by atoms with Gasteiger partial charge in [0.15, 0.2) is 5.82 Å². The van der Waals surface area contributed by atoms with Crippen molar-refractivity contribution in [3.05, 3.63) is 49.6 Å². The zero-order chi connectivity index (χ0) is 13.1. The van der Waals surface area contributed by atoms with Gasteiger partial charge >= 0.3 is 0 Å². The number of tetrazole rings is 1. The third-order valence-corrected chi connectivity index (χ3v) is 4.79. The van der Waals surface area contributed by atoms with E-state index in [0.29, 0.717) is 12.4 Å². The first-order chi connectivity index (χ1) is 9.33. The molecule has 5 nitrogen and oxygen atoms in total. The van der Waals surface area contributed by atoms with Gasteiger partial charge in [0.05, 0.1) is 16.9 Å². The molecular formula is C11H10ClN5S2. The SMILES string of the molecule is Clc1ccc(C(NCc2nn[nH]n2)c2cccs2)s1. The number of H-pyrrole nitrogens is 1. The number of aromatic amines is 1. The highest BCUT2D eigenvalue weighted by atomic mass is 35.5. The highest BCUT2D eigenvalue weighted by Gasteiger charge is 2.17. The van der Waals surface area contributed by atoms with Gasteiger partial charge in [-0.2, -0.15) is 5.21 Å². The number of aromatic nitrogens is 4. The average molecular weight is 312 g/mol. The molecule has 8 heteroatoms. The van der Waals surface area contributed by atoms with Crippen LogP contribution in [0.15, 0.2) is 29.6 Å². The van der Waals surface area contributed by atoms with Crippen LogP contribution in [0.2, 0.25) is 4.34 Å². The zero-order valence-corrected chi connectivity index (χ0v) is 12.1.